The average molecular weight is 352 g/mol. The summed E-state index contributed by atoms with van der Waals surface area (Å²) >= 11 is 5.15. The van der Waals surface area contributed by atoms with Crippen molar-refractivity contribution in [1.29, 1.82) is 0 Å². The third kappa shape index (κ3) is 2.41. The fourth-order valence-corrected chi connectivity index (χ4v) is 3.13. The maximum Gasteiger partial charge on any atom is 0.238 e. The van der Waals surface area contributed by atoms with Crippen LogP contribution >= 0.6 is 27.3 Å². The van der Waals surface area contributed by atoms with Crippen molar-refractivity contribution in [2.24, 2.45) is 0 Å². The van der Waals surface area contributed by atoms with E-state index in [9.17, 15) is 0 Å². The van der Waals surface area contributed by atoms with Gasteiger partial charge in [0.15, 0.2) is 4.96 Å². The molecule has 0 amide bonds. The lowest BCUT2D eigenvalue weighted by Crippen LogP contribution is -2.03. The van der Waals surface area contributed by atoms with Gasteiger partial charge in [0, 0.05) is 21.7 Å². The van der Waals surface area contributed by atoms with Crippen LogP contribution in [0.4, 0.5) is 5.69 Å². The number of hydrogen-bond donors (Lipinski definition) is 1. The Hall–Kier alpha value is -1.53. The van der Waals surface area contributed by atoms with E-state index in [2.05, 4.69) is 55.8 Å². The molecule has 3 aromatic rings. The number of thiazole rings is 1. The molecule has 1 aromatic carbocycles. The van der Waals surface area contributed by atoms with E-state index >= 15 is 0 Å². The topological polar surface area (TPSA) is 38.6 Å². The van der Waals surface area contributed by atoms with E-state index in [1.807, 2.05) is 11.6 Å². The molecule has 2 aromatic heterocycles. The Balaban J connectivity index is 1.85. The van der Waals surface area contributed by atoms with Gasteiger partial charge in [0.05, 0.1) is 13.7 Å². The monoisotopic (exact) mass is 351 g/mol. The second-order valence-corrected chi connectivity index (χ2v) is 6.17. The minimum Gasteiger partial charge on any atom is -0.480 e. The molecule has 6 heteroatoms. The third-order valence-corrected chi connectivity index (χ3v) is 4.76. The molecule has 0 radical (unpaired) electrons. The number of rotatable bonds is 4. The van der Waals surface area contributed by atoms with E-state index in [-0.39, 0.29) is 0 Å². The molecular formula is C14H14BrN3OS. The number of halogens is 1. The summed E-state index contributed by atoms with van der Waals surface area (Å²) in [4.78, 5) is 5.39. The molecule has 0 bridgehead atoms. The molecule has 4 nitrogen and oxygen atoms in total. The van der Waals surface area contributed by atoms with Gasteiger partial charge in [-0.2, -0.15) is 4.98 Å². The lowest BCUT2D eigenvalue weighted by Gasteiger charge is -2.08. The first-order chi connectivity index (χ1) is 9.69. The predicted octanol–water partition coefficient (Wildman–Crippen LogP) is 4.09. The largest absolute Gasteiger partial charge is 0.480 e. The number of ether oxygens (including phenoxy) is 1. The summed E-state index contributed by atoms with van der Waals surface area (Å²) < 4.78 is 8.50. The normalized spacial score (nSPS) is 10.9. The number of nitrogens with one attached hydrogen (secondary N) is 1. The summed E-state index contributed by atoms with van der Waals surface area (Å²) in [6, 6.07) is 6.23. The number of aryl methyl sites for hydroxylation is 1. The number of nitrogens with zero attached hydrogens (tertiary/aromatic N) is 2. The first-order valence-electron chi connectivity index (χ1n) is 6.17. The van der Waals surface area contributed by atoms with Gasteiger partial charge in [-0.15, -0.1) is 11.3 Å². The van der Waals surface area contributed by atoms with Crippen LogP contribution in [0.15, 0.2) is 34.2 Å². The van der Waals surface area contributed by atoms with Gasteiger partial charge in [-0.1, -0.05) is 22.0 Å². The van der Waals surface area contributed by atoms with Gasteiger partial charge in [0.1, 0.15) is 5.69 Å². The number of aromatic nitrogens is 2. The number of imidazole rings is 1. The summed E-state index contributed by atoms with van der Waals surface area (Å²) in [5, 5.41) is 5.43. The van der Waals surface area contributed by atoms with E-state index in [0.29, 0.717) is 12.4 Å². The van der Waals surface area contributed by atoms with Crippen molar-refractivity contribution < 1.29 is 4.74 Å². The zero-order valence-corrected chi connectivity index (χ0v) is 13.6. The first kappa shape index (κ1) is 13.5. The first-order valence-corrected chi connectivity index (χ1v) is 7.84. The third-order valence-electron chi connectivity index (χ3n) is 3.15. The minimum atomic E-state index is 0.663. The van der Waals surface area contributed by atoms with Crippen LogP contribution in [0.25, 0.3) is 4.96 Å². The van der Waals surface area contributed by atoms with Crippen molar-refractivity contribution >= 4 is 37.9 Å². The highest BCUT2D eigenvalue weighted by atomic mass is 79.9. The second-order valence-electron chi connectivity index (χ2n) is 4.44. The van der Waals surface area contributed by atoms with Crippen LogP contribution in [-0.2, 0) is 6.54 Å². The van der Waals surface area contributed by atoms with Gasteiger partial charge in [-0.25, -0.2) is 0 Å². The molecule has 1 N–H and O–H groups in total. The lowest BCUT2D eigenvalue weighted by molar-refractivity contribution is 0.395. The predicted molar refractivity (Wildman–Crippen MR) is 85.8 cm³/mol. The van der Waals surface area contributed by atoms with Crippen LogP contribution in [0.5, 0.6) is 5.88 Å². The van der Waals surface area contributed by atoms with Crippen LogP contribution in [0.3, 0.4) is 0 Å². The Bertz CT molecular complexity index is 750. The van der Waals surface area contributed by atoms with Crippen LogP contribution in [0, 0.1) is 6.92 Å². The smallest absolute Gasteiger partial charge is 0.238 e. The number of fused-ring (bicyclic) bond motifs is 1. The van der Waals surface area contributed by atoms with Gasteiger partial charge in [-0.05, 0) is 24.6 Å². The Morgan fingerprint density at radius 1 is 1.45 bits per heavy atom. The molecule has 3 rings (SSSR count). The van der Waals surface area contributed by atoms with Crippen molar-refractivity contribution in [2.75, 3.05) is 12.4 Å². The van der Waals surface area contributed by atoms with Gasteiger partial charge in [0.2, 0.25) is 5.88 Å². The van der Waals surface area contributed by atoms with Gasteiger partial charge in [0.25, 0.3) is 0 Å². The summed E-state index contributed by atoms with van der Waals surface area (Å²) in [7, 11) is 1.65. The van der Waals surface area contributed by atoms with E-state index in [0.717, 1.165) is 20.8 Å². The van der Waals surface area contributed by atoms with Gasteiger partial charge in [-0.3, -0.25) is 4.40 Å². The fourth-order valence-electron chi connectivity index (χ4n) is 2.03. The Kier molecular flexibility index (Phi) is 3.67. The summed E-state index contributed by atoms with van der Waals surface area (Å²) in [5.74, 6) is 0.676. The van der Waals surface area contributed by atoms with E-state index in [4.69, 9.17) is 4.74 Å². The molecule has 104 valence electrons. The van der Waals surface area contributed by atoms with Crippen molar-refractivity contribution in [3.63, 3.8) is 0 Å². The molecule has 0 atom stereocenters. The highest BCUT2D eigenvalue weighted by Crippen LogP contribution is 2.25. The standard InChI is InChI=1S/C14H14BrN3OS/c1-9-3-4-10(7-11(9)15)16-8-12-13(19-2)17-14-18(12)5-6-20-14/h3-7,16H,8H2,1-2H3. The summed E-state index contributed by atoms with van der Waals surface area (Å²) in [6.45, 7) is 2.74. The maximum absolute atomic E-state index is 5.35. The van der Waals surface area contributed by atoms with E-state index in [1.54, 1.807) is 18.4 Å². The Labute approximate surface area is 129 Å². The Morgan fingerprint density at radius 3 is 3.05 bits per heavy atom. The molecule has 0 aliphatic carbocycles. The lowest BCUT2D eigenvalue weighted by atomic mass is 10.2. The van der Waals surface area contributed by atoms with Gasteiger partial charge < -0.3 is 10.1 Å². The van der Waals surface area contributed by atoms with Crippen LogP contribution in [0.1, 0.15) is 11.3 Å². The van der Waals surface area contributed by atoms with Gasteiger partial charge >= 0.3 is 0 Å². The van der Waals surface area contributed by atoms with Crippen molar-refractivity contribution in [3.8, 4) is 5.88 Å². The fraction of sp³-hybridized carbons (Fsp3) is 0.214. The number of benzene rings is 1. The zero-order valence-electron chi connectivity index (χ0n) is 11.2. The second kappa shape index (κ2) is 5.46. The van der Waals surface area contributed by atoms with Crippen molar-refractivity contribution in [3.05, 3.63) is 45.5 Å². The highest BCUT2D eigenvalue weighted by molar-refractivity contribution is 9.10. The summed E-state index contributed by atoms with van der Waals surface area (Å²) in [5.41, 5.74) is 3.31. The molecule has 0 unspecified atom stereocenters. The number of methoxy groups -OCH3 is 1. The molecule has 0 fully saturated rings. The van der Waals surface area contributed by atoms with Crippen LogP contribution < -0.4 is 10.1 Å². The van der Waals surface area contributed by atoms with Crippen LogP contribution in [0.2, 0.25) is 0 Å². The number of hydrogen-bond acceptors (Lipinski definition) is 4. The number of anilines is 1. The van der Waals surface area contributed by atoms with Crippen molar-refractivity contribution in [1.82, 2.24) is 9.38 Å². The molecule has 0 spiro atoms. The Morgan fingerprint density at radius 2 is 2.30 bits per heavy atom. The van der Waals surface area contributed by atoms with E-state index < -0.39 is 0 Å². The molecule has 2 heterocycles. The SMILES string of the molecule is COc1nc2sccn2c1CNc1ccc(C)c(Br)c1. The molecule has 20 heavy (non-hydrogen) atoms. The zero-order chi connectivity index (χ0) is 14.1. The molecule has 0 aliphatic heterocycles. The molecule has 0 aliphatic rings. The summed E-state index contributed by atoms with van der Waals surface area (Å²) in [6.07, 6.45) is 2.01. The molecule has 0 saturated heterocycles. The maximum atomic E-state index is 5.35. The average Bonchev–Trinajstić information content (AvgIpc) is 3.00. The molecule has 0 saturated carbocycles. The van der Waals surface area contributed by atoms with Crippen LogP contribution in [-0.4, -0.2) is 16.5 Å². The van der Waals surface area contributed by atoms with Crippen molar-refractivity contribution in [2.45, 2.75) is 13.5 Å². The van der Waals surface area contributed by atoms with E-state index in [1.165, 1.54) is 5.56 Å². The minimum absolute atomic E-state index is 0.663. The highest BCUT2D eigenvalue weighted by Gasteiger charge is 2.13. The quantitative estimate of drug-likeness (QED) is 0.769. The molecular weight excluding hydrogens is 338 g/mol.